The van der Waals surface area contributed by atoms with Crippen LogP contribution in [-0.2, 0) is 11.2 Å². The number of aryl methyl sites for hydroxylation is 1. The average Bonchev–Trinajstić information content (AvgIpc) is 2.48. The molecule has 0 aromatic carbocycles. The summed E-state index contributed by atoms with van der Waals surface area (Å²) in [7, 11) is 1.84. The molecule has 0 spiro atoms. The molecule has 1 amide bonds. The summed E-state index contributed by atoms with van der Waals surface area (Å²) in [5.74, 6) is 2.70. The summed E-state index contributed by atoms with van der Waals surface area (Å²) in [6, 6.07) is 1.95. The molecular formula is C15H25N5O. The van der Waals surface area contributed by atoms with Crippen LogP contribution in [0.15, 0.2) is 6.07 Å². The molecule has 21 heavy (non-hydrogen) atoms. The Bertz CT molecular complexity index is 491. The largest absolute Gasteiger partial charge is 0.370 e. The molecule has 1 saturated heterocycles. The van der Waals surface area contributed by atoms with E-state index in [1.807, 2.05) is 18.0 Å². The molecule has 0 radical (unpaired) electrons. The van der Waals surface area contributed by atoms with Gasteiger partial charge in [0.05, 0.1) is 6.54 Å². The third kappa shape index (κ3) is 4.06. The number of anilines is 2. The van der Waals surface area contributed by atoms with Crippen LogP contribution in [0, 0.1) is 0 Å². The molecular weight excluding hydrogens is 266 g/mol. The molecule has 116 valence electrons. The van der Waals surface area contributed by atoms with Crippen LogP contribution in [0.5, 0.6) is 0 Å². The molecule has 2 heterocycles. The number of hydrogen-bond donors (Lipinski definition) is 1. The van der Waals surface area contributed by atoms with Crippen molar-refractivity contribution in [1.82, 2.24) is 14.9 Å². The molecule has 2 rings (SSSR count). The molecule has 1 aromatic rings. The van der Waals surface area contributed by atoms with E-state index in [2.05, 4.69) is 29.1 Å². The quantitative estimate of drug-likeness (QED) is 0.861. The zero-order valence-corrected chi connectivity index (χ0v) is 13.2. The van der Waals surface area contributed by atoms with Gasteiger partial charge in [0.2, 0.25) is 5.91 Å². The number of nitrogens with one attached hydrogen (secondary N) is 1. The van der Waals surface area contributed by atoms with Crippen LogP contribution in [0.25, 0.3) is 0 Å². The van der Waals surface area contributed by atoms with Crippen molar-refractivity contribution in [3.63, 3.8) is 0 Å². The van der Waals surface area contributed by atoms with Crippen molar-refractivity contribution in [3.8, 4) is 0 Å². The van der Waals surface area contributed by atoms with Gasteiger partial charge in [-0.25, -0.2) is 9.97 Å². The average molecular weight is 291 g/mol. The third-order valence-electron chi connectivity index (χ3n) is 3.57. The van der Waals surface area contributed by atoms with Crippen LogP contribution >= 0.6 is 0 Å². The third-order valence-corrected chi connectivity index (χ3v) is 3.57. The van der Waals surface area contributed by atoms with Crippen LogP contribution in [-0.4, -0.2) is 54.0 Å². The van der Waals surface area contributed by atoms with Gasteiger partial charge in [-0.05, 0) is 12.8 Å². The van der Waals surface area contributed by atoms with Gasteiger partial charge in [0.1, 0.15) is 17.5 Å². The smallest absolute Gasteiger partial charge is 0.241 e. The van der Waals surface area contributed by atoms with Gasteiger partial charge in [-0.2, -0.15) is 0 Å². The first-order chi connectivity index (χ1) is 10.1. The minimum atomic E-state index is 0.139. The Morgan fingerprint density at radius 3 is 2.71 bits per heavy atom. The van der Waals surface area contributed by atoms with Crippen molar-refractivity contribution >= 4 is 17.5 Å². The van der Waals surface area contributed by atoms with Gasteiger partial charge in [0, 0.05) is 39.2 Å². The van der Waals surface area contributed by atoms with Gasteiger partial charge in [0.25, 0.3) is 0 Å². The Labute approximate surface area is 126 Å². The van der Waals surface area contributed by atoms with Gasteiger partial charge in [-0.1, -0.05) is 13.8 Å². The second-order valence-corrected chi connectivity index (χ2v) is 5.44. The number of carbonyl (C=O) groups excluding carboxylic acids is 1. The van der Waals surface area contributed by atoms with Crippen molar-refractivity contribution in [2.24, 2.45) is 0 Å². The molecule has 1 aliphatic rings. The van der Waals surface area contributed by atoms with Gasteiger partial charge >= 0.3 is 0 Å². The molecule has 1 aliphatic heterocycles. The maximum atomic E-state index is 11.9. The van der Waals surface area contributed by atoms with Crippen molar-refractivity contribution in [1.29, 1.82) is 0 Å². The highest BCUT2D eigenvalue weighted by molar-refractivity contribution is 5.82. The van der Waals surface area contributed by atoms with E-state index in [1.54, 1.807) is 4.90 Å². The fourth-order valence-corrected chi connectivity index (χ4v) is 2.28. The molecule has 1 N–H and O–H groups in total. The van der Waals surface area contributed by atoms with E-state index in [-0.39, 0.29) is 5.91 Å². The second-order valence-electron chi connectivity index (χ2n) is 5.44. The Morgan fingerprint density at radius 2 is 2.05 bits per heavy atom. The minimum absolute atomic E-state index is 0.139. The minimum Gasteiger partial charge on any atom is -0.370 e. The lowest BCUT2D eigenvalue weighted by Gasteiger charge is -2.33. The lowest BCUT2D eigenvalue weighted by Crippen LogP contribution is -2.48. The van der Waals surface area contributed by atoms with Crippen molar-refractivity contribution < 1.29 is 4.79 Å². The summed E-state index contributed by atoms with van der Waals surface area (Å²) in [5, 5.41) is 3.32. The first kappa shape index (κ1) is 15.5. The number of aromatic nitrogens is 2. The monoisotopic (exact) mass is 291 g/mol. The lowest BCUT2D eigenvalue weighted by atomic mass is 10.3. The Balaban J connectivity index is 2.20. The first-order valence-corrected chi connectivity index (χ1v) is 7.74. The predicted octanol–water partition coefficient (Wildman–Crippen LogP) is 1.53. The number of likely N-dealkylation sites (N-methyl/N-ethyl adjacent to an activating group) is 1. The fourth-order valence-electron chi connectivity index (χ4n) is 2.28. The lowest BCUT2D eigenvalue weighted by molar-refractivity contribution is -0.129. The molecule has 6 heteroatoms. The van der Waals surface area contributed by atoms with E-state index in [0.29, 0.717) is 6.54 Å². The van der Waals surface area contributed by atoms with Crippen LogP contribution in [0.3, 0.4) is 0 Å². The topological polar surface area (TPSA) is 61.4 Å². The summed E-state index contributed by atoms with van der Waals surface area (Å²) in [6.45, 7) is 7.09. The molecule has 0 aliphatic carbocycles. The molecule has 1 fully saturated rings. The van der Waals surface area contributed by atoms with Crippen molar-refractivity contribution in [2.45, 2.75) is 33.1 Å². The highest BCUT2D eigenvalue weighted by atomic mass is 16.2. The number of nitrogens with zero attached hydrogens (tertiary/aromatic N) is 4. The van der Waals surface area contributed by atoms with E-state index >= 15 is 0 Å². The SMILES string of the molecule is CCCNc1cc(N2CCN(C)C(=O)C2)nc(CCC)n1. The van der Waals surface area contributed by atoms with Crippen molar-refractivity contribution in [2.75, 3.05) is 43.4 Å². The zero-order chi connectivity index (χ0) is 15.2. The molecule has 0 saturated carbocycles. The van der Waals surface area contributed by atoms with Crippen LogP contribution in [0.4, 0.5) is 11.6 Å². The number of amides is 1. The second kappa shape index (κ2) is 7.24. The van der Waals surface area contributed by atoms with Crippen LogP contribution < -0.4 is 10.2 Å². The van der Waals surface area contributed by atoms with Crippen LogP contribution in [0.1, 0.15) is 32.5 Å². The maximum absolute atomic E-state index is 11.9. The first-order valence-electron chi connectivity index (χ1n) is 7.74. The summed E-state index contributed by atoms with van der Waals surface area (Å²) < 4.78 is 0. The van der Waals surface area contributed by atoms with Gasteiger partial charge < -0.3 is 15.1 Å². The normalized spacial score (nSPS) is 15.5. The van der Waals surface area contributed by atoms with Gasteiger partial charge in [0.15, 0.2) is 0 Å². The summed E-state index contributed by atoms with van der Waals surface area (Å²) in [4.78, 5) is 24.8. The molecule has 6 nitrogen and oxygen atoms in total. The summed E-state index contributed by atoms with van der Waals surface area (Å²) in [6.07, 6.45) is 2.92. The highest BCUT2D eigenvalue weighted by Crippen LogP contribution is 2.18. The number of carbonyl (C=O) groups is 1. The van der Waals surface area contributed by atoms with E-state index in [9.17, 15) is 4.79 Å². The van der Waals surface area contributed by atoms with E-state index in [1.165, 1.54) is 0 Å². The summed E-state index contributed by atoms with van der Waals surface area (Å²) >= 11 is 0. The van der Waals surface area contributed by atoms with Crippen LogP contribution in [0.2, 0.25) is 0 Å². The molecule has 0 atom stereocenters. The fraction of sp³-hybridized carbons (Fsp3) is 0.667. The number of rotatable bonds is 6. The van der Waals surface area contributed by atoms with Gasteiger partial charge in [-0.15, -0.1) is 0 Å². The number of piperazine rings is 1. The van der Waals surface area contributed by atoms with E-state index < -0.39 is 0 Å². The Hall–Kier alpha value is -1.85. The molecule has 0 unspecified atom stereocenters. The van der Waals surface area contributed by atoms with E-state index in [0.717, 1.165) is 56.4 Å². The summed E-state index contributed by atoms with van der Waals surface area (Å²) in [5.41, 5.74) is 0. The molecule has 0 bridgehead atoms. The standard InChI is InChI=1S/C15H25N5O/c1-4-6-12-17-13(16-7-5-2)10-14(18-12)20-9-8-19(3)15(21)11-20/h10H,4-9,11H2,1-3H3,(H,16,17,18). The Morgan fingerprint density at radius 1 is 1.24 bits per heavy atom. The number of hydrogen-bond acceptors (Lipinski definition) is 5. The van der Waals surface area contributed by atoms with Crippen molar-refractivity contribution in [3.05, 3.63) is 11.9 Å². The Kier molecular flexibility index (Phi) is 5.36. The van der Waals surface area contributed by atoms with E-state index in [4.69, 9.17) is 0 Å². The van der Waals surface area contributed by atoms with Gasteiger partial charge in [-0.3, -0.25) is 4.79 Å². The zero-order valence-electron chi connectivity index (χ0n) is 13.2. The molecule has 1 aromatic heterocycles. The maximum Gasteiger partial charge on any atom is 0.241 e. The highest BCUT2D eigenvalue weighted by Gasteiger charge is 2.22. The predicted molar refractivity (Wildman–Crippen MR) is 84.7 cm³/mol.